The maximum Gasteiger partial charge on any atom is 0.235 e. The first kappa shape index (κ1) is 24.3. The molecule has 6 rings (SSSR count). The molecule has 1 aliphatic heterocycles. The highest BCUT2D eigenvalue weighted by atomic mass is 32.2. The van der Waals surface area contributed by atoms with Gasteiger partial charge in [0.1, 0.15) is 17.3 Å². The summed E-state index contributed by atoms with van der Waals surface area (Å²) in [7, 11) is 1.67. The van der Waals surface area contributed by atoms with Gasteiger partial charge >= 0.3 is 0 Å². The predicted molar refractivity (Wildman–Crippen MR) is 153 cm³/mol. The summed E-state index contributed by atoms with van der Waals surface area (Å²) in [5.41, 5.74) is 4.03. The molecule has 1 saturated carbocycles. The number of thioether (sulfide) groups is 1. The van der Waals surface area contributed by atoms with Gasteiger partial charge in [-0.05, 0) is 66.8 Å². The molecular formula is C31H28N4O2S. The predicted octanol–water partition coefficient (Wildman–Crippen LogP) is 6.66. The second kappa shape index (κ2) is 9.70. The van der Waals surface area contributed by atoms with Crippen LogP contribution in [0, 0.1) is 11.8 Å². The van der Waals surface area contributed by atoms with Crippen molar-refractivity contribution in [1.29, 1.82) is 0 Å². The van der Waals surface area contributed by atoms with Crippen LogP contribution in [-0.2, 0) is 10.2 Å². The van der Waals surface area contributed by atoms with Gasteiger partial charge in [-0.1, -0.05) is 32.3 Å². The van der Waals surface area contributed by atoms with Gasteiger partial charge in [0, 0.05) is 44.6 Å². The molecule has 1 amide bonds. The summed E-state index contributed by atoms with van der Waals surface area (Å²) in [5.74, 6) is 8.05. The van der Waals surface area contributed by atoms with Crippen molar-refractivity contribution in [2.45, 2.75) is 48.7 Å². The highest BCUT2D eigenvalue weighted by Crippen LogP contribution is 2.51. The molecule has 0 radical (unpaired) electrons. The van der Waals surface area contributed by atoms with E-state index in [9.17, 15) is 4.79 Å². The summed E-state index contributed by atoms with van der Waals surface area (Å²) in [6.45, 7) is 4.34. The van der Waals surface area contributed by atoms with E-state index in [-0.39, 0.29) is 11.3 Å². The zero-order valence-corrected chi connectivity index (χ0v) is 22.4. The van der Waals surface area contributed by atoms with Crippen LogP contribution >= 0.6 is 11.8 Å². The lowest BCUT2D eigenvalue weighted by molar-refractivity contribution is -0.123. The van der Waals surface area contributed by atoms with Gasteiger partial charge in [0.25, 0.3) is 0 Å². The largest absolute Gasteiger partial charge is 0.495 e. The van der Waals surface area contributed by atoms with Crippen molar-refractivity contribution < 1.29 is 9.53 Å². The van der Waals surface area contributed by atoms with Crippen molar-refractivity contribution in [3.05, 3.63) is 77.7 Å². The molecule has 0 bridgehead atoms. The number of hydrogen-bond acceptors (Lipinski definition) is 6. The molecule has 0 atom stereocenters. The Morgan fingerprint density at radius 3 is 2.71 bits per heavy atom. The highest BCUT2D eigenvalue weighted by Gasteiger charge is 2.50. The number of hydrogen-bond donors (Lipinski definition) is 2. The van der Waals surface area contributed by atoms with Gasteiger partial charge < -0.3 is 15.4 Å². The fraction of sp³-hybridized carbons (Fsp3) is 0.258. The zero-order chi connectivity index (χ0) is 26.3. The maximum absolute atomic E-state index is 12.6. The number of rotatable bonds is 5. The Morgan fingerprint density at radius 1 is 1.08 bits per heavy atom. The molecule has 2 aromatic carbocycles. The van der Waals surface area contributed by atoms with Crippen molar-refractivity contribution in [1.82, 2.24) is 9.97 Å². The molecule has 4 aromatic rings. The lowest BCUT2D eigenvalue weighted by Gasteiger charge is -2.36. The molecular weight excluding hydrogens is 492 g/mol. The van der Waals surface area contributed by atoms with E-state index in [2.05, 4.69) is 58.4 Å². The van der Waals surface area contributed by atoms with Crippen LogP contribution in [0.5, 0.6) is 5.75 Å². The lowest BCUT2D eigenvalue weighted by atomic mass is 9.65. The number of anilines is 3. The van der Waals surface area contributed by atoms with Crippen molar-refractivity contribution in [3.8, 4) is 17.6 Å². The van der Waals surface area contributed by atoms with Crippen LogP contribution in [0.15, 0.2) is 65.8 Å². The SMILES string of the molecule is COc1cc(SC(C)C)ccc1Nc1cc2c(C#Cc3ccc4c(c3)NC(=O)C43CCC3)nccc2cn1. The molecule has 0 saturated heterocycles. The first-order valence-corrected chi connectivity index (χ1v) is 13.7. The minimum absolute atomic E-state index is 0.122. The zero-order valence-electron chi connectivity index (χ0n) is 21.6. The molecule has 2 aromatic heterocycles. The number of benzene rings is 2. The monoisotopic (exact) mass is 520 g/mol. The molecule has 6 nitrogen and oxygen atoms in total. The normalized spacial score (nSPS) is 15.0. The van der Waals surface area contributed by atoms with Gasteiger partial charge in [-0.2, -0.15) is 0 Å². The van der Waals surface area contributed by atoms with E-state index in [4.69, 9.17) is 4.74 Å². The number of carbonyl (C=O) groups excluding carboxylic acids is 1. The number of pyridine rings is 2. The summed E-state index contributed by atoms with van der Waals surface area (Å²) in [4.78, 5) is 22.9. The third-order valence-corrected chi connectivity index (χ3v) is 8.20. The summed E-state index contributed by atoms with van der Waals surface area (Å²) in [5, 5.41) is 8.80. The van der Waals surface area contributed by atoms with E-state index in [1.165, 1.54) is 0 Å². The number of amides is 1. The van der Waals surface area contributed by atoms with Crippen LogP contribution in [0.1, 0.15) is 49.9 Å². The molecule has 1 spiro atoms. The molecule has 7 heteroatoms. The number of aromatic nitrogens is 2. The number of fused-ring (bicyclic) bond motifs is 3. The quantitative estimate of drug-likeness (QED) is 0.226. The van der Waals surface area contributed by atoms with Gasteiger partial charge in [0.05, 0.1) is 18.2 Å². The van der Waals surface area contributed by atoms with E-state index < -0.39 is 0 Å². The number of nitrogens with zero attached hydrogens (tertiary/aromatic N) is 2. The molecule has 2 aliphatic rings. The summed E-state index contributed by atoms with van der Waals surface area (Å²) in [6, 6.07) is 16.1. The van der Waals surface area contributed by atoms with Crippen LogP contribution in [0.4, 0.5) is 17.2 Å². The molecule has 1 fully saturated rings. The smallest absolute Gasteiger partial charge is 0.235 e. The van der Waals surface area contributed by atoms with Gasteiger partial charge in [-0.15, -0.1) is 11.8 Å². The topological polar surface area (TPSA) is 76.1 Å². The van der Waals surface area contributed by atoms with Crippen LogP contribution < -0.4 is 15.4 Å². The first-order chi connectivity index (χ1) is 18.4. The minimum Gasteiger partial charge on any atom is -0.495 e. The Bertz CT molecular complexity index is 1630. The van der Waals surface area contributed by atoms with Crippen molar-refractivity contribution in [3.63, 3.8) is 0 Å². The van der Waals surface area contributed by atoms with Crippen LogP contribution in [0.25, 0.3) is 10.8 Å². The minimum atomic E-state index is -0.314. The fourth-order valence-corrected chi connectivity index (χ4v) is 6.02. The van der Waals surface area contributed by atoms with Gasteiger partial charge in [0.15, 0.2) is 0 Å². The summed E-state index contributed by atoms with van der Waals surface area (Å²) < 4.78 is 5.64. The third kappa shape index (κ3) is 4.35. The van der Waals surface area contributed by atoms with Crippen LogP contribution in [0.2, 0.25) is 0 Å². The Labute approximate surface area is 226 Å². The Hall–Kier alpha value is -4.02. The number of carbonyl (C=O) groups is 1. The summed E-state index contributed by atoms with van der Waals surface area (Å²) >= 11 is 1.79. The molecule has 2 N–H and O–H groups in total. The molecule has 1 aliphatic carbocycles. The Balaban J connectivity index is 1.29. The average molecular weight is 521 g/mol. The number of nitrogens with one attached hydrogen (secondary N) is 2. The summed E-state index contributed by atoms with van der Waals surface area (Å²) in [6.07, 6.45) is 6.52. The average Bonchev–Trinajstić information content (AvgIpc) is 3.19. The second-order valence-electron chi connectivity index (χ2n) is 10.0. The second-order valence-corrected chi connectivity index (χ2v) is 11.7. The standard InChI is InChI=1S/C31H28N4O2S/c1-19(2)38-22-7-10-26(28(16-22)37-3)34-29-17-23-21(18-33-29)11-14-32-25(23)9-6-20-5-8-24-27(15-20)35-30(36)31(24)12-4-13-31/h5,7-8,10-11,14-19H,4,12-13H2,1-3H3,(H,33,34)(H,35,36). The first-order valence-electron chi connectivity index (χ1n) is 12.8. The van der Waals surface area contributed by atoms with E-state index in [1.807, 2.05) is 42.6 Å². The Kier molecular flexibility index (Phi) is 6.21. The van der Waals surface area contributed by atoms with Gasteiger partial charge in [-0.3, -0.25) is 4.79 Å². The van der Waals surface area contributed by atoms with E-state index in [1.54, 1.807) is 25.1 Å². The van der Waals surface area contributed by atoms with Gasteiger partial charge in [-0.25, -0.2) is 9.97 Å². The van der Waals surface area contributed by atoms with Crippen LogP contribution in [-0.4, -0.2) is 28.2 Å². The molecule has 38 heavy (non-hydrogen) atoms. The van der Waals surface area contributed by atoms with Crippen molar-refractivity contribution >= 4 is 45.6 Å². The lowest BCUT2D eigenvalue weighted by Crippen LogP contribution is -2.40. The van der Waals surface area contributed by atoms with Crippen LogP contribution in [0.3, 0.4) is 0 Å². The molecule has 0 unspecified atom stereocenters. The third-order valence-electron chi connectivity index (χ3n) is 7.21. The van der Waals surface area contributed by atoms with Crippen molar-refractivity contribution in [2.24, 2.45) is 0 Å². The number of ether oxygens (including phenoxy) is 1. The maximum atomic E-state index is 12.6. The number of methoxy groups -OCH3 is 1. The molecule has 3 heterocycles. The van der Waals surface area contributed by atoms with E-state index in [0.717, 1.165) is 63.2 Å². The highest BCUT2D eigenvalue weighted by molar-refractivity contribution is 7.99. The molecule has 190 valence electrons. The Morgan fingerprint density at radius 2 is 1.95 bits per heavy atom. The van der Waals surface area contributed by atoms with E-state index >= 15 is 0 Å². The van der Waals surface area contributed by atoms with Crippen molar-refractivity contribution in [2.75, 3.05) is 17.7 Å². The fourth-order valence-electron chi connectivity index (χ4n) is 5.16. The van der Waals surface area contributed by atoms with Gasteiger partial charge in [0.2, 0.25) is 5.91 Å². The van der Waals surface area contributed by atoms with E-state index in [0.29, 0.717) is 16.8 Å².